The monoisotopic (exact) mass is 274 g/mol. The normalized spacial score (nSPS) is 14.3. The van der Waals surface area contributed by atoms with Crippen molar-refractivity contribution >= 4 is 21.9 Å². The van der Waals surface area contributed by atoms with Gasteiger partial charge in [-0.3, -0.25) is 4.79 Å². The number of hydrogen-bond donors (Lipinski definition) is 2. The van der Waals surface area contributed by atoms with Crippen LogP contribution in [-0.4, -0.2) is 22.0 Å². The van der Waals surface area contributed by atoms with Crippen LogP contribution in [0.3, 0.4) is 0 Å². The first kappa shape index (κ1) is 12.0. The van der Waals surface area contributed by atoms with E-state index in [2.05, 4.69) is 15.9 Å². The van der Waals surface area contributed by atoms with Crippen molar-refractivity contribution in [2.75, 3.05) is 0 Å². The fraction of sp³-hybridized carbons (Fsp3) is 0.300. The molecule has 4 nitrogen and oxygen atoms in total. The summed E-state index contributed by atoms with van der Waals surface area (Å²) in [5, 5.41) is 18.1. The molecule has 0 spiro atoms. The minimum atomic E-state index is -1.69. The molecule has 0 amide bonds. The van der Waals surface area contributed by atoms with Gasteiger partial charge >= 0.3 is 5.97 Å². The minimum absolute atomic E-state index is 0.421. The van der Waals surface area contributed by atoms with Gasteiger partial charge in [-0.15, -0.1) is 0 Å². The van der Waals surface area contributed by atoms with E-state index in [-0.39, 0.29) is 0 Å². The van der Waals surface area contributed by atoms with Crippen molar-refractivity contribution in [1.29, 1.82) is 0 Å². The first-order valence-corrected chi connectivity index (χ1v) is 5.07. The Morgan fingerprint density at radius 3 is 2.47 bits per heavy atom. The number of rotatable bonds is 4. The SMILES string of the molecule is CC(O)(CC(=O)O)Oc1ccc(Br)cc1. The molecule has 1 aromatic carbocycles. The third-order valence-corrected chi connectivity index (χ3v) is 2.16. The number of benzene rings is 1. The predicted octanol–water partition coefficient (Wildman–Crippen LogP) is 2.01. The molecule has 15 heavy (non-hydrogen) atoms. The maximum atomic E-state index is 10.4. The largest absolute Gasteiger partial charge is 0.481 e. The summed E-state index contributed by atoms with van der Waals surface area (Å²) in [4.78, 5) is 10.4. The molecule has 2 N–H and O–H groups in total. The van der Waals surface area contributed by atoms with Crippen molar-refractivity contribution in [3.8, 4) is 5.75 Å². The van der Waals surface area contributed by atoms with Crippen LogP contribution in [0.1, 0.15) is 13.3 Å². The summed E-state index contributed by atoms with van der Waals surface area (Å²) in [6.07, 6.45) is -0.469. The van der Waals surface area contributed by atoms with Gasteiger partial charge in [-0.2, -0.15) is 0 Å². The van der Waals surface area contributed by atoms with Gasteiger partial charge in [0, 0.05) is 11.4 Å². The zero-order valence-corrected chi connectivity index (χ0v) is 9.69. The van der Waals surface area contributed by atoms with Gasteiger partial charge in [-0.1, -0.05) is 15.9 Å². The van der Waals surface area contributed by atoms with Gasteiger partial charge in [-0.05, 0) is 24.3 Å². The summed E-state index contributed by atoms with van der Waals surface area (Å²) in [5.41, 5.74) is 0. The summed E-state index contributed by atoms with van der Waals surface area (Å²) >= 11 is 3.25. The Kier molecular flexibility index (Phi) is 3.71. The van der Waals surface area contributed by atoms with E-state index in [0.717, 1.165) is 4.47 Å². The average Bonchev–Trinajstić information content (AvgIpc) is 2.06. The molecule has 82 valence electrons. The van der Waals surface area contributed by atoms with Gasteiger partial charge in [0.05, 0.1) is 0 Å². The third-order valence-electron chi connectivity index (χ3n) is 1.63. The lowest BCUT2D eigenvalue weighted by molar-refractivity contribution is -0.161. The van der Waals surface area contributed by atoms with Crippen molar-refractivity contribution in [3.05, 3.63) is 28.7 Å². The molecule has 0 saturated carbocycles. The topological polar surface area (TPSA) is 66.8 Å². The number of carboxylic acids is 1. The number of ether oxygens (including phenoxy) is 1. The smallest absolute Gasteiger partial charge is 0.310 e. The van der Waals surface area contributed by atoms with Crippen molar-refractivity contribution in [3.63, 3.8) is 0 Å². The number of halogens is 1. The molecule has 0 bridgehead atoms. The lowest BCUT2D eigenvalue weighted by Gasteiger charge is -2.22. The van der Waals surface area contributed by atoms with Gasteiger partial charge in [0.25, 0.3) is 0 Å². The van der Waals surface area contributed by atoms with Crippen LogP contribution >= 0.6 is 15.9 Å². The van der Waals surface area contributed by atoms with Crippen LogP contribution in [0.5, 0.6) is 5.75 Å². The predicted molar refractivity (Wildman–Crippen MR) is 57.6 cm³/mol. The van der Waals surface area contributed by atoms with Gasteiger partial charge in [0.1, 0.15) is 12.2 Å². The number of aliphatic hydroxyl groups is 1. The highest BCUT2D eigenvalue weighted by molar-refractivity contribution is 9.10. The van der Waals surface area contributed by atoms with Crippen LogP contribution in [0.4, 0.5) is 0 Å². The standard InChI is InChI=1S/C10H11BrO4/c1-10(14,6-9(12)13)15-8-4-2-7(11)3-5-8/h2-5,14H,6H2,1H3,(H,12,13). The van der Waals surface area contributed by atoms with Gasteiger partial charge < -0.3 is 14.9 Å². The molecule has 0 fully saturated rings. The van der Waals surface area contributed by atoms with E-state index < -0.39 is 18.2 Å². The summed E-state index contributed by atoms with van der Waals surface area (Å²) in [6.45, 7) is 1.31. The Bertz CT molecular complexity index is 345. The summed E-state index contributed by atoms with van der Waals surface area (Å²) in [7, 11) is 0. The summed E-state index contributed by atoms with van der Waals surface area (Å²) in [5.74, 6) is -2.39. The van der Waals surface area contributed by atoms with Crippen LogP contribution in [-0.2, 0) is 4.79 Å². The maximum Gasteiger partial charge on any atom is 0.310 e. The molecule has 1 aromatic rings. The van der Waals surface area contributed by atoms with Crippen molar-refractivity contribution in [1.82, 2.24) is 0 Å². The molecule has 1 unspecified atom stereocenters. The first-order chi connectivity index (χ1) is 6.89. The average molecular weight is 275 g/mol. The molecule has 0 aliphatic heterocycles. The van der Waals surface area contributed by atoms with E-state index in [4.69, 9.17) is 9.84 Å². The second kappa shape index (κ2) is 4.63. The zero-order valence-electron chi connectivity index (χ0n) is 8.11. The fourth-order valence-corrected chi connectivity index (χ4v) is 1.34. The lowest BCUT2D eigenvalue weighted by Crippen LogP contribution is -2.34. The third kappa shape index (κ3) is 4.31. The van der Waals surface area contributed by atoms with E-state index in [9.17, 15) is 9.90 Å². The Labute approximate surface area is 95.6 Å². The molecule has 0 radical (unpaired) electrons. The molecule has 0 aromatic heterocycles. The van der Waals surface area contributed by atoms with Crippen molar-refractivity contribution < 1.29 is 19.7 Å². The number of hydrogen-bond acceptors (Lipinski definition) is 3. The molecule has 1 atom stereocenters. The highest BCUT2D eigenvalue weighted by Crippen LogP contribution is 2.21. The quantitative estimate of drug-likeness (QED) is 0.825. The fourth-order valence-electron chi connectivity index (χ4n) is 1.07. The molecule has 1 rings (SSSR count). The first-order valence-electron chi connectivity index (χ1n) is 4.28. The second-order valence-electron chi connectivity index (χ2n) is 3.30. The Morgan fingerprint density at radius 1 is 1.47 bits per heavy atom. The highest BCUT2D eigenvalue weighted by Gasteiger charge is 2.26. The summed E-state index contributed by atoms with van der Waals surface area (Å²) < 4.78 is 6.00. The van der Waals surface area contributed by atoms with E-state index in [0.29, 0.717) is 5.75 Å². The van der Waals surface area contributed by atoms with Crippen LogP contribution in [0, 0.1) is 0 Å². The number of carboxylic acid groups (broad SMARTS) is 1. The molecule has 0 aliphatic rings. The molecular weight excluding hydrogens is 264 g/mol. The van der Waals surface area contributed by atoms with E-state index in [1.165, 1.54) is 6.92 Å². The lowest BCUT2D eigenvalue weighted by atomic mass is 10.2. The van der Waals surface area contributed by atoms with E-state index >= 15 is 0 Å². The van der Waals surface area contributed by atoms with Gasteiger partial charge in [0.2, 0.25) is 5.79 Å². The molecule has 0 saturated heterocycles. The van der Waals surface area contributed by atoms with Gasteiger partial charge in [-0.25, -0.2) is 0 Å². The molecule has 0 heterocycles. The minimum Gasteiger partial charge on any atom is -0.481 e. The summed E-state index contributed by atoms with van der Waals surface area (Å²) in [6, 6.07) is 6.76. The van der Waals surface area contributed by atoms with Gasteiger partial charge in [0.15, 0.2) is 0 Å². The van der Waals surface area contributed by atoms with Crippen molar-refractivity contribution in [2.24, 2.45) is 0 Å². The highest BCUT2D eigenvalue weighted by atomic mass is 79.9. The number of carbonyl (C=O) groups is 1. The molecule has 5 heteroatoms. The second-order valence-corrected chi connectivity index (χ2v) is 4.22. The van der Waals surface area contributed by atoms with Crippen LogP contribution in [0.15, 0.2) is 28.7 Å². The van der Waals surface area contributed by atoms with Crippen molar-refractivity contribution in [2.45, 2.75) is 19.1 Å². The molecular formula is C10H11BrO4. The molecule has 0 aliphatic carbocycles. The van der Waals surface area contributed by atoms with Crippen LogP contribution < -0.4 is 4.74 Å². The van der Waals surface area contributed by atoms with Crippen LogP contribution in [0.25, 0.3) is 0 Å². The Morgan fingerprint density at radius 2 is 2.00 bits per heavy atom. The van der Waals surface area contributed by atoms with E-state index in [1.54, 1.807) is 24.3 Å². The Balaban J connectivity index is 2.68. The van der Waals surface area contributed by atoms with E-state index in [1.807, 2.05) is 0 Å². The number of aliphatic carboxylic acids is 1. The zero-order chi connectivity index (χ0) is 11.5. The Hall–Kier alpha value is -1.07. The van der Waals surface area contributed by atoms with Crippen LogP contribution in [0.2, 0.25) is 0 Å². The maximum absolute atomic E-state index is 10.4.